The van der Waals surface area contributed by atoms with Crippen LogP contribution in [0.3, 0.4) is 0 Å². The number of nitrogens with one attached hydrogen (secondary N) is 1. The Hall–Kier alpha value is -3.94. The third kappa shape index (κ3) is 7.06. The fourth-order valence-corrected chi connectivity index (χ4v) is 4.51. The van der Waals surface area contributed by atoms with Crippen LogP contribution in [-0.4, -0.2) is 58.5 Å². The molecule has 2 aromatic carbocycles. The summed E-state index contributed by atoms with van der Waals surface area (Å²) in [7, 11) is 4.84. The Morgan fingerprint density at radius 1 is 0.919 bits per heavy atom. The minimum Gasteiger partial charge on any atom is -0.497 e. The van der Waals surface area contributed by atoms with Gasteiger partial charge in [-0.2, -0.15) is 0 Å². The largest absolute Gasteiger partial charge is 0.497 e. The maximum Gasteiger partial charge on any atom is 0.251 e. The highest BCUT2D eigenvalue weighted by molar-refractivity contribution is 5.94. The molecular formula is C29H35N3O5. The Bertz CT molecular complexity index is 1140. The molecule has 196 valence electrons. The highest BCUT2D eigenvalue weighted by atomic mass is 16.5. The highest BCUT2D eigenvalue weighted by Crippen LogP contribution is 2.29. The normalized spacial score (nSPS) is 13.6. The Morgan fingerprint density at radius 3 is 2.27 bits per heavy atom. The molecule has 0 saturated carbocycles. The minimum atomic E-state index is -0.110. The minimum absolute atomic E-state index is 0.110. The summed E-state index contributed by atoms with van der Waals surface area (Å²) < 4.78 is 22.2. The second-order valence-electron chi connectivity index (χ2n) is 9.03. The molecule has 1 saturated heterocycles. The maximum absolute atomic E-state index is 12.9. The van der Waals surface area contributed by atoms with Gasteiger partial charge < -0.3 is 29.2 Å². The maximum atomic E-state index is 12.9. The predicted molar refractivity (Wildman–Crippen MR) is 143 cm³/mol. The summed E-state index contributed by atoms with van der Waals surface area (Å²) in [5.41, 5.74) is 2.78. The Balaban J connectivity index is 1.30. The van der Waals surface area contributed by atoms with Crippen molar-refractivity contribution >= 4 is 11.6 Å². The molecule has 0 aliphatic carbocycles. The van der Waals surface area contributed by atoms with Crippen molar-refractivity contribution in [3.05, 3.63) is 72.1 Å². The molecule has 0 spiro atoms. The van der Waals surface area contributed by atoms with E-state index in [9.17, 15) is 4.79 Å². The molecule has 8 heteroatoms. The number of hydrogen-bond donors (Lipinski definition) is 1. The van der Waals surface area contributed by atoms with Gasteiger partial charge in [-0.1, -0.05) is 0 Å². The molecule has 1 aliphatic heterocycles. The quantitative estimate of drug-likeness (QED) is 0.414. The zero-order chi connectivity index (χ0) is 26.0. The molecule has 2 heterocycles. The van der Waals surface area contributed by atoms with Crippen molar-refractivity contribution in [1.82, 2.24) is 10.3 Å². The summed E-state index contributed by atoms with van der Waals surface area (Å²) in [6.45, 7) is 3.02. The monoisotopic (exact) mass is 505 g/mol. The molecule has 8 nitrogen and oxygen atoms in total. The van der Waals surface area contributed by atoms with Gasteiger partial charge in [0.05, 0.1) is 27.9 Å². The van der Waals surface area contributed by atoms with E-state index >= 15 is 0 Å². The van der Waals surface area contributed by atoms with Gasteiger partial charge in [0, 0.05) is 55.8 Å². The smallest absolute Gasteiger partial charge is 0.251 e. The molecule has 4 rings (SSSR count). The number of carbonyl (C=O) groups excluding carboxylic acids is 1. The number of piperidine rings is 1. The summed E-state index contributed by atoms with van der Waals surface area (Å²) >= 11 is 0. The summed E-state index contributed by atoms with van der Waals surface area (Å²) in [5.74, 6) is 2.93. The first-order chi connectivity index (χ1) is 18.1. The average Bonchev–Trinajstić information content (AvgIpc) is 2.96. The van der Waals surface area contributed by atoms with E-state index < -0.39 is 0 Å². The van der Waals surface area contributed by atoms with Crippen molar-refractivity contribution in [3.63, 3.8) is 0 Å². The lowest BCUT2D eigenvalue weighted by Gasteiger charge is -2.33. The van der Waals surface area contributed by atoms with Crippen LogP contribution >= 0.6 is 0 Å². The van der Waals surface area contributed by atoms with Gasteiger partial charge in [0.1, 0.15) is 11.5 Å². The van der Waals surface area contributed by atoms with E-state index in [0.29, 0.717) is 42.6 Å². The number of pyridine rings is 1. The van der Waals surface area contributed by atoms with Crippen molar-refractivity contribution in [2.75, 3.05) is 52.5 Å². The molecule has 0 unspecified atom stereocenters. The number of carbonyl (C=O) groups is 1. The van der Waals surface area contributed by atoms with Crippen LogP contribution in [0.5, 0.6) is 23.0 Å². The van der Waals surface area contributed by atoms with E-state index in [-0.39, 0.29) is 5.91 Å². The second kappa shape index (κ2) is 12.9. The molecule has 1 N–H and O–H groups in total. The van der Waals surface area contributed by atoms with Crippen LogP contribution in [0.15, 0.2) is 60.9 Å². The SMILES string of the molecule is COc1cc(CCOc2cc(C(=O)NCC3CCN(c4ccncc4)CC3)ccc2OC)cc(OC)c1. The van der Waals surface area contributed by atoms with E-state index in [1.54, 1.807) is 39.5 Å². The lowest BCUT2D eigenvalue weighted by molar-refractivity contribution is 0.0944. The van der Waals surface area contributed by atoms with E-state index in [4.69, 9.17) is 18.9 Å². The number of benzene rings is 2. The molecule has 0 atom stereocenters. The third-order valence-corrected chi connectivity index (χ3v) is 6.68. The summed E-state index contributed by atoms with van der Waals surface area (Å²) in [4.78, 5) is 19.4. The molecule has 0 radical (unpaired) electrons. The molecular weight excluding hydrogens is 470 g/mol. The van der Waals surface area contributed by atoms with E-state index in [1.165, 1.54) is 5.69 Å². The second-order valence-corrected chi connectivity index (χ2v) is 9.03. The van der Waals surface area contributed by atoms with E-state index in [1.807, 2.05) is 42.7 Å². The molecule has 37 heavy (non-hydrogen) atoms. The molecule has 0 bridgehead atoms. The van der Waals surface area contributed by atoms with Gasteiger partial charge in [0.15, 0.2) is 11.5 Å². The van der Waals surface area contributed by atoms with Gasteiger partial charge in [0.25, 0.3) is 5.91 Å². The van der Waals surface area contributed by atoms with Crippen molar-refractivity contribution in [3.8, 4) is 23.0 Å². The number of aromatic nitrogens is 1. The standard InChI is InChI=1S/C29H35N3O5/c1-34-25-16-22(17-26(19-25)35-2)10-15-37-28-18-23(4-5-27(28)36-3)29(33)31-20-21-8-13-32(14-9-21)24-6-11-30-12-7-24/h4-7,11-12,16-19,21H,8-10,13-15,20H2,1-3H3,(H,31,33). The Kier molecular flexibility index (Phi) is 9.08. The number of ether oxygens (including phenoxy) is 4. The fourth-order valence-electron chi connectivity index (χ4n) is 4.51. The van der Waals surface area contributed by atoms with Gasteiger partial charge in [-0.25, -0.2) is 0 Å². The van der Waals surface area contributed by atoms with E-state index in [2.05, 4.69) is 15.2 Å². The average molecular weight is 506 g/mol. The van der Waals surface area contributed by atoms with Crippen LogP contribution in [0.4, 0.5) is 5.69 Å². The van der Waals surface area contributed by atoms with Gasteiger partial charge in [-0.15, -0.1) is 0 Å². The number of amides is 1. The van der Waals surface area contributed by atoms with Crippen molar-refractivity contribution < 1.29 is 23.7 Å². The summed E-state index contributed by atoms with van der Waals surface area (Å²) in [6.07, 6.45) is 6.36. The number of hydrogen-bond acceptors (Lipinski definition) is 7. The first kappa shape index (κ1) is 26.1. The van der Waals surface area contributed by atoms with Crippen LogP contribution in [-0.2, 0) is 6.42 Å². The van der Waals surface area contributed by atoms with Crippen molar-refractivity contribution in [2.24, 2.45) is 5.92 Å². The zero-order valence-corrected chi connectivity index (χ0v) is 21.7. The van der Waals surface area contributed by atoms with Crippen LogP contribution in [0.2, 0.25) is 0 Å². The van der Waals surface area contributed by atoms with Crippen LogP contribution in [0, 0.1) is 5.92 Å². The van der Waals surface area contributed by atoms with Gasteiger partial charge >= 0.3 is 0 Å². The van der Waals surface area contributed by atoms with Gasteiger partial charge in [-0.3, -0.25) is 9.78 Å². The number of rotatable bonds is 11. The molecule has 1 fully saturated rings. The molecule has 1 amide bonds. The highest BCUT2D eigenvalue weighted by Gasteiger charge is 2.20. The molecule has 1 aromatic heterocycles. The van der Waals surface area contributed by atoms with Crippen LogP contribution in [0.25, 0.3) is 0 Å². The topological polar surface area (TPSA) is 82.2 Å². The number of nitrogens with zero attached hydrogens (tertiary/aromatic N) is 2. The summed E-state index contributed by atoms with van der Waals surface area (Å²) in [5, 5.41) is 3.10. The Morgan fingerprint density at radius 2 is 1.62 bits per heavy atom. The third-order valence-electron chi connectivity index (χ3n) is 6.68. The van der Waals surface area contributed by atoms with Gasteiger partial charge in [-0.05, 0) is 66.8 Å². The first-order valence-electron chi connectivity index (χ1n) is 12.6. The van der Waals surface area contributed by atoms with Crippen LogP contribution < -0.4 is 29.2 Å². The predicted octanol–water partition coefficient (Wildman–Crippen LogP) is 4.38. The van der Waals surface area contributed by atoms with Gasteiger partial charge in [0.2, 0.25) is 0 Å². The van der Waals surface area contributed by atoms with E-state index in [0.717, 1.165) is 43.0 Å². The fraction of sp³-hybridized carbons (Fsp3) is 0.379. The Labute approximate surface area is 218 Å². The number of methoxy groups -OCH3 is 3. The zero-order valence-electron chi connectivity index (χ0n) is 21.7. The molecule has 1 aliphatic rings. The molecule has 3 aromatic rings. The van der Waals surface area contributed by atoms with Crippen LogP contribution in [0.1, 0.15) is 28.8 Å². The lowest BCUT2D eigenvalue weighted by atomic mass is 9.96. The van der Waals surface area contributed by atoms with Crippen molar-refractivity contribution in [1.29, 1.82) is 0 Å². The summed E-state index contributed by atoms with van der Waals surface area (Å²) in [6, 6.07) is 15.1. The number of anilines is 1. The van der Waals surface area contributed by atoms with Crippen molar-refractivity contribution in [2.45, 2.75) is 19.3 Å². The first-order valence-corrected chi connectivity index (χ1v) is 12.6. The lowest BCUT2D eigenvalue weighted by Crippen LogP contribution is -2.38.